The van der Waals surface area contributed by atoms with Gasteiger partial charge in [-0.25, -0.2) is 4.68 Å². The predicted molar refractivity (Wildman–Crippen MR) is 111 cm³/mol. The number of nitrogens with zero attached hydrogens (tertiary/aromatic N) is 2. The normalized spacial score (nSPS) is 15.0. The predicted octanol–water partition coefficient (Wildman–Crippen LogP) is 2.83. The average molecular weight is 411 g/mol. The molecule has 0 bridgehead atoms. The molecule has 0 spiro atoms. The second-order valence-electron chi connectivity index (χ2n) is 6.69. The number of rotatable bonds is 6. The number of anilines is 1. The van der Waals surface area contributed by atoms with Crippen molar-refractivity contribution in [3.05, 3.63) is 65.4 Å². The summed E-state index contributed by atoms with van der Waals surface area (Å²) in [6, 6.07) is 14.8. The molecule has 1 atom stereocenters. The topological polar surface area (TPSA) is 82.4 Å². The summed E-state index contributed by atoms with van der Waals surface area (Å²) in [6.07, 6.45) is 0.218. The van der Waals surface area contributed by atoms with Crippen LogP contribution in [-0.4, -0.2) is 34.1 Å². The molecular weight excluding hydrogens is 390 g/mol. The summed E-state index contributed by atoms with van der Waals surface area (Å²) < 4.78 is 24.1. The van der Waals surface area contributed by atoms with E-state index in [9.17, 15) is 9.00 Å². The van der Waals surface area contributed by atoms with E-state index in [4.69, 9.17) is 9.47 Å². The number of benzene rings is 2. The van der Waals surface area contributed by atoms with Crippen molar-refractivity contribution in [2.45, 2.75) is 17.9 Å². The van der Waals surface area contributed by atoms with Crippen molar-refractivity contribution in [1.29, 1.82) is 0 Å². The zero-order valence-corrected chi connectivity index (χ0v) is 17.0. The Kier molecular flexibility index (Phi) is 5.35. The van der Waals surface area contributed by atoms with Gasteiger partial charge in [-0.3, -0.25) is 9.00 Å². The molecular formula is C21H21N3O4S. The summed E-state index contributed by atoms with van der Waals surface area (Å²) in [6.45, 7) is 0. The lowest BCUT2D eigenvalue weighted by atomic mass is 10.1. The number of carbonyl (C=O) groups is 1. The number of ether oxygens (including phenoxy) is 2. The number of hydrogen-bond acceptors (Lipinski definition) is 5. The summed E-state index contributed by atoms with van der Waals surface area (Å²) in [5.41, 5.74) is 3.27. The monoisotopic (exact) mass is 411 g/mol. The Morgan fingerprint density at radius 3 is 2.28 bits per heavy atom. The first-order valence-electron chi connectivity index (χ1n) is 9.10. The van der Waals surface area contributed by atoms with E-state index in [1.165, 1.54) is 0 Å². The smallest absolute Gasteiger partial charge is 0.229 e. The first-order valence-corrected chi connectivity index (χ1v) is 10.6. The second kappa shape index (κ2) is 8.08. The standard InChI is InChI=1S/C21H21N3O4S/c1-27-16-7-3-14(4-8-16)11-20(25)22-21-18-12-29(26)13-19(18)23-24(21)15-5-9-17(28-2)10-6-15/h3-10H,11-13H2,1-2H3,(H,22,25)/t29-/m0/s1. The molecule has 3 aromatic rings. The van der Waals surface area contributed by atoms with Crippen molar-refractivity contribution in [2.75, 3.05) is 19.5 Å². The molecule has 1 aliphatic rings. The van der Waals surface area contributed by atoms with Crippen LogP contribution >= 0.6 is 0 Å². The zero-order valence-electron chi connectivity index (χ0n) is 16.2. The van der Waals surface area contributed by atoms with Gasteiger partial charge < -0.3 is 14.8 Å². The van der Waals surface area contributed by atoms with E-state index < -0.39 is 10.8 Å². The van der Waals surface area contributed by atoms with Gasteiger partial charge in [-0.1, -0.05) is 12.1 Å². The van der Waals surface area contributed by atoms with Crippen molar-refractivity contribution in [3.63, 3.8) is 0 Å². The van der Waals surface area contributed by atoms with Crippen molar-refractivity contribution in [3.8, 4) is 17.2 Å². The zero-order chi connectivity index (χ0) is 20.4. The van der Waals surface area contributed by atoms with Crippen molar-refractivity contribution in [2.24, 2.45) is 0 Å². The van der Waals surface area contributed by atoms with Crippen LogP contribution in [0.3, 0.4) is 0 Å². The molecule has 29 heavy (non-hydrogen) atoms. The minimum atomic E-state index is -0.986. The molecule has 0 saturated carbocycles. The highest BCUT2D eigenvalue weighted by Crippen LogP contribution is 2.31. The van der Waals surface area contributed by atoms with E-state index in [1.54, 1.807) is 18.9 Å². The Labute approximate surface area is 171 Å². The van der Waals surface area contributed by atoms with Crippen molar-refractivity contribution in [1.82, 2.24) is 9.78 Å². The SMILES string of the molecule is COc1ccc(CC(=O)Nc2c3c(nn2-c2ccc(OC)cc2)C[S@@](=O)C3)cc1. The minimum absolute atomic E-state index is 0.162. The molecule has 2 heterocycles. The summed E-state index contributed by atoms with van der Waals surface area (Å²) >= 11 is 0. The van der Waals surface area contributed by atoms with E-state index in [2.05, 4.69) is 10.4 Å². The van der Waals surface area contributed by atoms with Gasteiger partial charge in [-0.15, -0.1) is 0 Å². The Morgan fingerprint density at radius 1 is 1.03 bits per heavy atom. The molecule has 1 N–H and O–H groups in total. The van der Waals surface area contributed by atoms with E-state index in [0.29, 0.717) is 17.3 Å². The largest absolute Gasteiger partial charge is 0.497 e. The quantitative estimate of drug-likeness (QED) is 0.675. The highest BCUT2D eigenvalue weighted by molar-refractivity contribution is 7.83. The molecule has 1 aliphatic heterocycles. The van der Waals surface area contributed by atoms with Gasteiger partial charge in [0.1, 0.15) is 17.3 Å². The van der Waals surface area contributed by atoms with Crippen molar-refractivity contribution < 1.29 is 18.5 Å². The summed E-state index contributed by atoms with van der Waals surface area (Å²) in [5, 5.41) is 7.58. The number of nitrogens with one attached hydrogen (secondary N) is 1. The summed E-state index contributed by atoms with van der Waals surface area (Å²) in [4.78, 5) is 12.7. The third kappa shape index (κ3) is 4.02. The summed E-state index contributed by atoms with van der Waals surface area (Å²) in [5.74, 6) is 2.69. The Morgan fingerprint density at radius 2 is 1.66 bits per heavy atom. The number of aromatic nitrogens is 2. The van der Waals surface area contributed by atoms with Gasteiger partial charge >= 0.3 is 0 Å². The first-order chi connectivity index (χ1) is 14.1. The number of fused-ring (bicyclic) bond motifs is 1. The van der Waals surface area contributed by atoms with E-state index in [1.807, 2.05) is 48.5 Å². The maximum Gasteiger partial charge on any atom is 0.229 e. The molecule has 0 unspecified atom stereocenters. The lowest BCUT2D eigenvalue weighted by Crippen LogP contribution is -2.18. The number of carbonyl (C=O) groups excluding carboxylic acids is 1. The molecule has 150 valence electrons. The number of hydrogen-bond donors (Lipinski definition) is 1. The van der Waals surface area contributed by atoms with Gasteiger partial charge in [0.15, 0.2) is 0 Å². The highest BCUT2D eigenvalue weighted by atomic mass is 32.2. The van der Waals surface area contributed by atoms with Crippen LogP contribution in [0.1, 0.15) is 16.8 Å². The van der Waals surface area contributed by atoms with Crippen LogP contribution in [0.4, 0.5) is 5.82 Å². The van der Waals surface area contributed by atoms with Crippen molar-refractivity contribution >= 4 is 22.5 Å². The maximum atomic E-state index is 12.7. The fourth-order valence-corrected chi connectivity index (χ4v) is 4.54. The average Bonchev–Trinajstić information content (AvgIpc) is 3.25. The Balaban J connectivity index is 1.61. The van der Waals surface area contributed by atoms with Crippen LogP contribution in [0.25, 0.3) is 5.69 Å². The van der Waals surface area contributed by atoms with Crippen LogP contribution in [0.5, 0.6) is 11.5 Å². The molecule has 0 aliphatic carbocycles. The fraction of sp³-hybridized carbons (Fsp3) is 0.238. The molecule has 0 saturated heterocycles. The fourth-order valence-electron chi connectivity index (χ4n) is 3.27. The third-order valence-corrected chi connectivity index (χ3v) is 5.97. The molecule has 4 rings (SSSR count). The van der Waals surface area contributed by atoms with Crippen LogP contribution in [0, 0.1) is 0 Å². The summed E-state index contributed by atoms with van der Waals surface area (Å²) in [7, 11) is 2.23. The van der Waals surface area contributed by atoms with E-state index in [-0.39, 0.29) is 12.3 Å². The molecule has 8 heteroatoms. The molecule has 2 aromatic carbocycles. The van der Waals surface area contributed by atoms with Crippen LogP contribution in [0.2, 0.25) is 0 Å². The Hall–Kier alpha value is -3.13. The molecule has 1 amide bonds. The van der Waals surface area contributed by atoms with E-state index >= 15 is 0 Å². The van der Waals surface area contributed by atoms with Crippen LogP contribution in [0.15, 0.2) is 48.5 Å². The third-order valence-electron chi connectivity index (χ3n) is 4.77. The molecule has 1 aromatic heterocycles. The maximum absolute atomic E-state index is 12.7. The van der Waals surface area contributed by atoms with Gasteiger partial charge in [-0.05, 0) is 42.0 Å². The highest BCUT2D eigenvalue weighted by Gasteiger charge is 2.28. The molecule has 0 fully saturated rings. The van der Waals surface area contributed by atoms with Crippen LogP contribution < -0.4 is 14.8 Å². The first kappa shape index (κ1) is 19.2. The second-order valence-corrected chi connectivity index (χ2v) is 8.14. The molecule has 7 nitrogen and oxygen atoms in total. The Bertz CT molecular complexity index is 1060. The minimum Gasteiger partial charge on any atom is -0.497 e. The molecule has 0 radical (unpaired) electrons. The van der Waals surface area contributed by atoms with Crippen LogP contribution in [-0.2, 0) is 33.5 Å². The van der Waals surface area contributed by atoms with E-state index in [0.717, 1.165) is 34.0 Å². The number of amides is 1. The lowest BCUT2D eigenvalue weighted by Gasteiger charge is -2.12. The lowest BCUT2D eigenvalue weighted by molar-refractivity contribution is -0.115. The van der Waals surface area contributed by atoms with Gasteiger partial charge in [-0.2, -0.15) is 5.10 Å². The van der Waals surface area contributed by atoms with Gasteiger partial charge in [0.25, 0.3) is 0 Å². The van der Waals surface area contributed by atoms with Gasteiger partial charge in [0, 0.05) is 16.4 Å². The number of methoxy groups -OCH3 is 2. The van der Waals surface area contributed by atoms with Gasteiger partial charge in [0.05, 0.1) is 43.5 Å². The van der Waals surface area contributed by atoms with Gasteiger partial charge in [0.2, 0.25) is 5.91 Å².